The van der Waals surface area contributed by atoms with Gasteiger partial charge in [0.25, 0.3) is 0 Å². The van der Waals surface area contributed by atoms with E-state index in [-0.39, 0.29) is 0 Å². The van der Waals surface area contributed by atoms with E-state index in [0.29, 0.717) is 6.54 Å². The Bertz CT molecular complexity index is 293. The molecule has 0 spiro atoms. The zero-order chi connectivity index (χ0) is 10.4. The predicted octanol–water partition coefficient (Wildman–Crippen LogP) is 2.65. The van der Waals surface area contributed by atoms with Crippen molar-refractivity contribution in [2.24, 2.45) is 5.73 Å². The number of rotatable bonds is 5. The van der Waals surface area contributed by atoms with E-state index in [9.17, 15) is 0 Å². The molecule has 0 radical (unpaired) electrons. The van der Waals surface area contributed by atoms with E-state index in [0.717, 1.165) is 28.1 Å². The fourth-order valence-corrected chi connectivity index (χ4v) is 1.81. The first-order valence-corrected chi connectivity index (χ1v) is 6.57. The summed E-state index contributed by atoms with van der Waals surface area (Å²) in [6.07, 6.45) is 2.07. The smallest absolute Gasteiger partial charge is 0.133 e. The van der Waals surface area contributed by atoms with Crippen LogP contribution in [-0.4, -0.2) is 18.6 Å². The highest BCUT2D eigenvalue weighted by molar-refractivity contribution is 9.10. The molecule has 1 rings (SSSR count). The number of nitrogens with two attached hydrogens (primary N) is 1. The summed E-state index contributed by atoms with van der Waals surface area (Å²) in [5.41, 5.74) is 6.63. The Morgan fingerprint density at radius 1 is 1.50 bits per heavy atom. The van der Waals surface area contributed by atoms with Gasteiger partial charge in [-0.15, -0.1) is 0 Å². The van der Waals surface area contributed by atoms with Gasteiger partial charge in [-0.05, 0) is 39.9 Å². The zero-order valence-corrected chi connectivity index (χ0v) is 10.5. The minimum Gasteiger partial charge on any atom is -0.492 e. The zero-order valence-electron chi connectivity index (χ0n) is 8.13. The van der Waals surface area contributed by atoms with Gasteiger partial charge in [0.1, 0.15) is 5.75 Å². The molecular weight excluding hydrogens is 262 g/mol. The van der Waals surface area contributed by atoms with Crippen molar-refractivity contribution in [3.63, 3.8) is 0 Å². The van der Waals surface area contributed by atoms with Crippen LogP contribution < -0.4 is 10.5 Å². The van der Waals surface area contributed by atoms with E-state index in [2.05, 4.69) is 22.2 Å². The van der Waals surface area contributed by atoms with Gasteiger partial charge in [-0.1, -0.05) is 6.07 Å². The van der Waals surface area contributed by atoms with Crippen LogP contribution in [0.4, 0.5) is 0 Å². The minimum absolute atomic E-state index is 0.559. The predicted molar refractivity (Wildman–Crippen MR) is 65.9 cm³/mol. The third kappa shape index (κ3) is 3.52. The summed E-state index contributed by atoms with van der Waals surface area (Å²) in [6, 6.07) is 5.93. The standard InChI is InChI=1S/C10H14BrNOS/c1-14-5-4-13-10-3-2-8(7-12)6-9(10)11/h2-3,6H,4-5,7,12H2,1H3. The molecule has 0 atom stereocenters. The highest BCUT2D eigenvalue weighted by atomic mass is 79.9. The largest absolute Gasteiger partial charge is 0.492 e. The van der Waals surface area contributed by atoms with Gasteiger partial charge < -0.3 is 10.5 Å². The van der Waals surface area contributed by atoms with Crippen molar-refractivity contribution in [3.8, 4) is 5.75 Å². The van der Waals surface area contributed by atoms with Crippen molar-refractivity contribution < 1.29 is 4.74 Å². The SMILES string of the molecule is CSCCOc1ccc(CN)cc1Br. The van der Waals surface area contributed by atoms with Crippen LogP contribution in [-0.2, 0) is 6.54 Å². The van der Waals surface area contributed by atoms with Crippen LogP contribution in [0.25, 0.3) is 0 Å². The summed E-state index contributed by atoms with van der Waals surface area (Å²) in [7, 11) is 0. The Labute approximate surface area is 97.3 Å². The quantitative estimate of drug-likeness (QED) is 0.840. The molecule has 4 heteroatoms. The lowest BCUT2D eigenvalue weighted by Crippen LogP contribution is -2.01. The van der Waals surface area contributed by atoms with E-state index in [1.807, 2.05) is 18.2 Å². The average Bonchev–Trinajstić information content (AvgIpc) is 2.20. The maximum absolute atomic E-state index is 5.57. The number of thioether (sulfide) groups is 1. The number of benzene rings is 1. The average molecular weight is 276 g/mol. The maximum atomic E-state index is 5.57. The van der Waals surface area contributed by atoms with Gasteiger partial charge in [0.2, 0.25) is 0 Å². The number of hydrogen-bond acceptors (Lipinski definition) is 3. The lowest BCUT2D eigenvalue weighted by atomic mass is 10.2. The molecule has 0 saturated heterocycles. The first kappa shape index (κ1) is 11.9. The van der Waals surface area contributed by atoms with Crippen molar-refractivity contribution in [2.45, 2.75) is 6.54 Å². The molecule has 1 aromatic rings. The Kier molecular flexibility index (Phi) is 5.37. The second kappa shape index (κ2) is 6.32. The van der Waals surface area contributed by atoms with Gasteiger partial charge in [0.05, 0.1) is 11.1 Å². The lowest BCUT2D eigenvalue weighted by molar-refractivity contribution is 0.342. The second-order valence-electron chi connectivity index (χ2n) is 2.81. The number of hydrogen-bond donors (Lipinski definition) is 1. The molecule has 0 aliphatic heterocycles. The van der Waals surface area contributed by atoms with Crippen LogP contribution in [0, 0.1) is 0 Å². The molecule has 0 saturated carbocycles. The summed E-state index contributed by atoms with van der Waals surface area (Å²) >= 11 is 5.23. The highest BCUT2D eigenvalue weighted by Gasteiger charge is 2.01. The fourth-order valence-electron chi connectivity index (χ4n) is 1.02. The Balaban J connectivity index is 2.59. The Hall–Kier alpha value is -0.190. The van der Waals surface area contributed by atoms with Crippen LogP contribution in [0.15, 0.2) is 22.7 Å². The molecule has 0 bridgehead atoms. The Morgan fingerprint density at radius 2 is 2.29 bits per heavy atom. The van der Waals surface area contributed by atoms with Gasteiger partial charge in [0.15, 0.2) is 0 Å². The van der Waals surface area contributed by atoms with Crippen LogP contribution in [0.3, 0.4) is 0 Å². The van der Waals surface area contributed by atoms with E-state index in [4.69, 9.17) is 10.5 Å². The molecule has 2 nitrogen and oxygen atoms in total. The molecule has 0 amide bonds. The van der Waals surface area contributed by atoms with Gasteiger partial charge in [0, 0.05) is 12.3 Å². The van der Waals surface area contributed by atoms with Crippen molar-refractivity contribution in [2.75, 3.05) is 18.6 Å². The molecule has 2 N–H and O–H groups in total. The van der Waals surface area contributed by atoms with Gasteiger partial charge >= 0.3 is 0 Å². The molecular formula is C10H14BrNOS. The first-order valence-electron chi connectivity index (χ1n) is 4.38. The molecule has 0 unspecified atom stereocenters. The van der Waals surface area contributed by atoms with Crippen LogP contribution in [0.1, 0.15) is 5.56 Å². The van der Waals surface area contributed by atoms with E-state index >= 15 is 0 Å². The van der Waals surface area contributed by atoms with Crippen molar-refractivity contribution in [1.29, 1.82) is 0 Å². The number of ether oxygens (including phenoxy) is 1. The van der Waals surface area contributed by atoms with Crippen LogP contribution >= 0.6 is 27.7 Å². The Morgan fingerprint density at radius 3 is 2.86 bits per heavy atom. The minimum atomic E-state index is 0.559. The summed E-state index contributed by atoms with van der Waals surface area (Å²) in [5.74, 6) is 1.89. The van der Waals surface area contributed by atoms with E-state index < -0.39 is 0 Å². The first-order chi connectivity index (χ1) is 6.77. The monoisotopic (exact) mass is 275 g/mol. The summed E-state index contributed by atoms with van der Waals surface area (Å²) in [4.78, 5) is 0. The van der Waals surface area contributed by atoms with Crippen molar-refractivity contribution in [1.82, 2.24) is 0 Å². The van der Waals surface area contributed by atoms with Crippen LogP contribution in [0.2, 0.25) is 0 Å². The van der Waals surface area contributed by atoms with Gasteiger partial charge in [-0.2, -0.15) is 11.8 Å². The van der Waals surface area contributed by atoms with Crippen LogP contribution in [0.5, 0.6) is 5.75 Å². The molecule has 78 valence electrons. The normalized spacial score (nSPS) is 10.2. The van der Waals surface area contributed by atoms with E-state index in [1.165, 1.54) is 0 Å². The van der Waals surface area contributed by atoms with Crippen molar-refractivity contribution in [3.05, 3.63) is 28.2 Å². The summed E-state index contributed by atoms with van der Waals surface area (Å²) in [6.45, 7) is 1.30. The molecule has 0 aliphatic carbocycles. The third-order valence-corrected chi connectivity index (χ3v) is 2.97. The molecule has 0 aliphatic rings. The third-order valence-electron chi connectivity index (χ3n) is 1.78. The highest BCUT2D eigenvalue weighted by Crippen LogP contribution is 2.25. The maximum Gasteiger partial charge on any atom is 0.133 e. The van der Waals surface area contributed by atoms with E-state index in [1.54, 1.807) is 11.8 Å². The van der Waals surface area contributed by atoms with Gasteiger partial charge in [-0.25, -0.2) is 0 Å². The summed E-state index contributed by atoms with van der Waals surface area (Å²) in [5, 5.41) is 0. The molecule has 0 aromatic heterocycles. The fraction of sp³-hybridized carbons (Fsp3) is 0.400. The van der Waals surface area contributed by atoms with Crippen molar-refractivity contribution >= 4 is 27.7 Å². The molecule has 14 heavy (non-hydrogen) atoms. The number of halogens is 1. The molecule has 0 fully saturated rings. The molecule has 1 aromatic carbocycles. The topological polar surface area (TPSA) is 35.2 Å². The summed E-state index contributed by atoms with van der Waals surface area (Å²) < 4.78 is 6.54. The molecule has 0 heterocycles. The lowest BCUT2D eigenvalue weighted by Gasteiger charge is -2.08. The second-order valence-corrected chi connectivity index (χ2v) is 4.65. The van der Waals surface area contributed by atoms with Gasteiger partial charge in [-0.3, -0.25) is 0 Å².